The minimum atomic E-state index is -2.60. The number of aryl methyl sites for hydroxylation is 1. The molecule has 2 unspecified atom stereocenters. The van der Waals surface area contributed by atoms with Crippen LogP contribution in [0, 0.1) is 0 Å². The third-order valence-electron chi connectivity index (χ3n) is 6.11. The molecule has 1 aromatic heterocycles. The molecule has 0 radical (unpaired) electrons. The Morgan fingerprint density at radius 3 is 2.70 bits per heavy atom. The largest absolute Gasteiger partial charge is 0.454 e. The van der Waals surface area contributed by atoms with Crippen LogP contribution in [0.3, 0.4) is 0 Å². The number of aromatic nitrogens is 2. The normalized spacial score (nSPS) is 18.7. The van der Waals surface area contributed by atoms with Crippen molar-refractivity contribution < 1.29 is 23.0 Å². The first kappa shape index (κ1) is 21.2. The lowest BCUT2D eigenvalue weighted by Crippen LogP contribution is -2.32. The molecule has 1 amide bonds. The summed E-state index contributed by atoms with van der Waals surface area (Å²) in [6.07, 6.45) is -0.184. The van der Waals surface area contributed by atoms with Gasteiger partial charge in [0.25, 0.3) is 12.3 Å². The van der Waals surface area contributed by atoms with Crippen molar-refractivity contribution >= 4 is 11.7 Å². The second-order valence-corrected chi connectivity index (χ2v) is 8.15. The van der Waals surface area contributed by atoms with Crippen molar-refractivity contribution in [2.75, 3.05) is 12.1 Å². The van der Waals surface area contributed by atoms with Crippen LogP contribution in [-0.4, -0.2) is 28.9 Å². The first-order valence-electron chi connectivity index (χ1n) is 10.9. The van der Waals surface area contributed by atoms with Crippen LogP contribution >= 0.6 is 0 Å². The van der Waals surface area contributed by atoms with Crippen molar-refractivity contribution in [3.63, 3.8) is 0 Å². The molecule has 33 heavy (non-hydrogen) atoms. The molecule has 2 aliphatic rings. The SMILES string of the molecule is CCc1ccc(C2CC(C(F)F)n3ncc(C(=O)NCc4ccc5c(c4)OCO5)c3N2)cc1. The first-order chi connectivity index (χ1) is 16.0. The molecular formula is C24H24F2N4O3. The molecule has 2 aliphatic heterocycles. The summed E-state index contributed by atoms with van der Waals surface area (Å²) in [5.74, 6) is 1.20. The van der Waals surface area contributed by atoms with Gasteiger partial charge in [0.1, 0.15) is 17.4 Å². The maximum atomic E-state index is 13.9. The molecule has 0 bridgehead atoms. The lowest BCUT2D eigenvalue weighted by molar-refractivity contribution is 0.0656. The average Bonchev–Trinajstić information content (AvgIpc) is 3.48. The Kier molecular flexibility index (Phi) is 5.62. The van der Waals surface area contributed by atoms with E-state index < -0.39 is 18.4 Å². The van der Waals surface area contributed by atoms with Gasteiger partial charge in [-0.05, 0) is 41.7 Å². The maximum Gasteiger partial charge on any atom is 0.260 e. The Bertz CT molecular complexity index is 1160. The molecule has 5 rings (SSSR count). The summed E-state index contributed by atoms with van der Waals surface area (Å²) >= 11 is 0. The van der Waals surface area contributed by atoms with Crippen LogP contribution in [0.5, 0.6) is 11.5 Å². The number of hydrogen-bond donors (Lipinski definition) is 2. The number of rotatable bonds is 6. The number of halogens is 2. The quantitative estimate of drug-likeness (QED) is 0.575. The van der Waals surface area contributed by atoms with E-state index in [1.165, 1.54) is 16.4 Å². The van der Waals surface area contributed by atoms with Gasteiger partial charge >= 0.3 is 0 Å². The Labute approximate surface area is 189 Å². The van der Waals surface area contributed by atoms with E-state index in [1.807, 2.05) is 30.3 Å². The molecule has 3 heterocycles. The molecule has 0 aliphatic carbocycles. The molecule has 0 spiro atoms. The van der Waals surface area contributed by atoms with Crippen molar-refractivity contribution in [2.45, 2.75) is 44.8 Å². The highest BCUT2D eigenvalue weighted by Crippen LogP contribution is 2.39. The maximum absolute atomic E-state index is 13.9. The lowest BCUT2D eigenvalue weighted by atomic mass is 9.96. The molecule has 7 nitrogen and oxygen atoms in total. The number of benzene rings is 2. The molecule has 0 saturated heterocycles. The van der Waals surface area contributed by atoms with Gasteiger partial charge in [-0.25, -0.2) is 13.5 Å². The van der Waals surface area contributed by atoms with E-state index in [1.54, 1.807) is 12.1 Å². The smallest absolute Gasteiger partial charge is 0.260 e. The van der Waals surface area contributed by atoms with Crippen molar-refractivity contribution in [3.8, 4) is 11.5 Å². The number of anilines is 1. The minimum Gasteiger partial charge on any atom is -0.454 e. The zero-order valence-electron chi connectivity index (χ0n) is 18.1. The summed E-state index contributed by atoms with van der Waals surface area (Å²) in [5, 5.41) is 10.2. The Morgan fingerprint density at radius 1 is 1.18 bits per heavy atom. The molecule has 172 valence electrons. The summed E-state index contributed by atoms with van der Waals surface area (Å²) in [7, 11) is 0. The van der Waals surface area contributed by atoms with Gasteiger partial charge in [0.05, 0.1) is 12.2 Å². The molecule has 9 heteroatoms. The standard InChI is InChI=1S/C24H24F2N4O3/c1-2-14-3-6-16(7-4-14)18-10-19(22(25)26)30-23(29-18)17(12-28-30)24(31)27-11-15-5-8-20-21(9-15)33-13-32-20/h3-9,12,18-19,22,29H,2,10-11,13H2,1H3,(H,27,31). The van der Waals surface area contributed by atoms with E-state index in [9.17, 15) is 13.6 Å². The first-order valence-corrected chi connectivity index (χ1v) is 10.9. The van der Waals surface area contributed by atoms with Gasteiger partial charge in [0.2, 0.25) is 6.79 Å². The fraction of sp³-hybridized carbons (Fsp3) is 0.333. The number of ether oxygens (including phenoxy) is 2. The van der Waals surface area contributed by atoms with Gasteiger partial charge in [0, 0.05) is 6.54 Å². The van der Waals surface area contributed by atoms with E-state index >= 15 is 0 Å². The van der Waals surface area contributed by atoms with Gasteiger partial charge < -0.3 is 20.1 Å². The third-order valence-corrected chi connectivity index (χ3v) is 6.11. The predicted molar refractivity (Wildman–Crippen MR) is 118 cm³/mol. The van der Waals surface area contributed by atoms with Gasteiger partial charge in [-0.15, -0.1) is 0 Å². The summed E-state index contributed by atoms with van der Waals surface area (Å²) < 4.78 is 39.7. The highest BCUT2D eigenvalue weighted by Gasteiger charge is 2.36. The number of carbonyl (C=O) groups excluding carboxylic acids is 1. The molecule has 3 aromatic rings. The van der Waals surface area contributed by atoms with Crippen molar-refractivity contribution in [1.29, 1.82) is 0 Å². The van der Waals surface area contributed by atoms with Crippen LogP contribution in [0.2, 0.25) is 0 Å². The van der Waals surface area contributed by atoms with E-state index in [0.717, 1.165) is 17.5 Å². The van der Waals surface area contributed by atoms with E-state index in [2.05, 4.69) is 22.7 Å². The number of amides is 1. The summed E-state index contributed by atoms with van der Waals surface area (Å²) in [6, 6.07) is 11.9. The molecular weight excluding hydrogens is 430 g/mol. The zero-order valence-corrected chi connectivity index (χ0v) is 18.1. The van der Waals surface area contributed by atoms with E-state index in [-0.39, 0.29) is 31.4 Å². The van der Waals surface area contributed by atoms with Gasteiger partial charge in [0.15, 0.2) is 11.5 Å². The highest BCUT2D eigenvalue weighted by atomic mass is 19.3. The highest BCUT2D eigenvalue weighted by molar-refractivity contribution is 5.98. The molecule has 0 saturated carbocycles. The molecule has 0 fully saturated rings. The van der Waals surface area contributed by atoms with Crippen LogP contribution in [0.25, 0.3) is 0 Å². The molecule has 2 aromatic carbocycles. The lowest BCUT2D eigenvalue weighted by Gasteiger charge is -2.32. The second-order valence-electron chi connectivity index (χ2n) is 8.15. The molecule has 2 N–H and O–H groups in total. The van der Waals surface area contributed by atoms with Gasteiger partial charge in [-0.3, -0.25) is 4.79 Å². The minimum absolute atomic E-state index is 0.174. The topological polar surface area (TPSA) is 77.4 Å². The van der Waals surface area contributed by atoms with E-state index in [4.69, 9.17) is 9.47 Å². The van der Waals surface area contributed by atoms with Crippen molar-refractivity contribution in [1.82, 2.24) is 15.1 Å². The van der Waals surface area contributed by atoms with Crippen LogP contribution in [0.15, 0.2) is 48.7 Å². The third kappa shape index (κ3) is 4.10. The van der Waals surface area contributed by atoms with Gasteiger partial charge in [-0.2, -0.15) is 5.10 Å². The number of alkyl halides is 2. The number of hydrogen-bond acceptors (Lipinski definition) is 5. The van der Waals surface area contributed by atoms with Crippen molar-refractivity contribution in [2.24, 2.45) is 0 Å². The monoisotopic (exact) mass is 454 g/mol. The Hall–Kier alpha value is -3.62. The van der Waals surface area contributed by atoms with Crippen molar-refractivity contribution in [3.05, 3.63) is 70.9 Å². The molecule has 2 atom stereocenters. The van der Waals surface area contributed by atoms with E-state index in [0.29, 0.717) is 17.3 Å². The summed E-state index contributed by atoms with van der Waals surface area (Å²) in [4.78, 5) is 12.9. The fourth-order valence-electron chi connectivity index (χ4n) is 4.23. The second kappa shape index (κ2) is 8.73. The zero-order chi connectivity index (χ0) is 22.9. The predicted octanol–water partition coefficient (Wildman–Crippen LogP) is 4.47. The number of nitrogens with zero attached hydrogens (tertiary/aromatic N) is 2. The number of nitrogens with one attached hydrogen (secondary N) is 2. The summed E-state index contributed by atoms with van der Waals surface area (Å²) in [6.45, 7) is 2.49. The number of carbonyl (C=O) groups is 1. The van der Waals surface area contributed by atoms with Crippen LogP contribution in [-0.2, 0) is 13.0 Å². The van der Waals surface area contributed by atoms with Crippen LogP contribution < -0.4 is 20.1 Å². The number of fused-ring (bicyclic) bond motifs is 2. The van der Waals surface area contributed by atoms with Gasteiger partial charge in [-0.1, -0.05) is 37.3 Å². The summed E-state index contributed by atoms with van der Waals surface area (Å²) in [5.41, 5.74) is 3.14. The van der Waals surface area contributed by atoms with Crippen LogP contribution in [0.4, 0.5) is 14.6 Å². The fourth-order valence-corrected chi connectivity index (χ4v) is 4.23. The average molecular weight is 454 g/mol. The van der Waals surface area contributed by atoms with Crippen LogP contribution in [0.1, 0.15) is 52.5 Å². The Balaban J connectivity index is 1.36. The Morgan fingerprint density at radius 2 is 1.94 bits per heavy atom.